The van der Waals surface area contributed by atoms with Crippen LogP contribution in [-0.2, 0) is 14.3 Å². The maximum atomic E-state index is 12.4. The fraction of sp³-hybridized carbons (Fsp3) is 0.316. The average molecular weight is 486 g/mol. The Morgan fingerprint density at radius 1 is 1.14 bits per heavy atom. The molecule has 2 rings (SSSR count). The summed E-state index contributed by atoms with van der Waals surface area (Å²) in [5, 5.41) is 2.80. The van der Waals surface area contributed by atoms with Crippen molar-refractivity contribution in [2.75, 3.05) is 32.8 Å². The van der Waals surface area contributed by atoms with E-state index in [4.69, 9.17) is 18.9 Å². The lowest BCUT2D eigenvalue weighted by Gasteiger charge is -2.11. The van der Waals surface area contributed by atoms with Gasteiger partial charge in [-0.3, -0.25) is 4.79 Å². The Morgan fingerprint density at radius 3 is 2.48 bits per heavy atom. The summed E-state index contributed by atoms with van der Waals surface area (Å²) in [6.45, 7) is 3.08. The van der Waals surface area contributed by atoms with Crippen molar-refractivity contribution in [3.8, 4) is 11.5 Å². The first-order valence-corrected chi connectivity index (χ1v) is 10.1. The molecule has 10 heteroatoms. The van der Waals surface area contributed by atoms with E-state index in [1.54, 1.807) is 32.0 Å². The van der Waals surface area contributed by atoms with Gasteiger partial charge in [0, 0.05) is 4.47 Å². The normalized spacial score (nSPS) is 10.2. The van der Waals surface area contributed by atoms with Crippen LogP contribution in [0.2, 0.25) is 0 Å². The third-order valence-corrected chi connectivity index (χ3v) is 5.42. The Hall–Kier alpha value is -2.59. The molecular weight excluding hydrogens is 466 g/mol. The van der Waals surface area contributed by atoms with Gasteiger partial charge >= 0.3 is 11.9 Å². The molecule has 0 spiro atoms. The van der Waals surface area contributed by atoms with E-state index in [-0.39, 0.29) is 28.7 Å². The number of rotatable bonds is 8. The van der Waals surface area contributed by atoms with Gasteiger partial charge in [0.2, 0.25) is 0 Å². The van der Waals surface area contributed by atoms with Gasteiger partial charge < -0.3 is 24.3 Å². The quantitative estimate of drug-likeness (QED) is 0.567. The molecular formula is C19H20BrNO7S. The van der Waals surface area contributed by atoms with Crippen LogP contribution in [-0.4, -0.2) is 45.3 Å². The first-order chi connectivity index (χ1) is 13.8. The van der Waals surface area contributed by atoms with Gasteiger partial charge in [0.1, 0.15) is 9.88 Å². The van der Waals surface area contributed by atoms with Crippen LogP contribution in [0.25, 0.3) is 0 Å². The molecule has 156 valence electrons. The van der Waals surface area contributed by atoms with E-state index in [1.165, 1.54) is 14.2 Å². The Bertz CT molecular complexity index is 926. The molecule has 1 aromatic carbocycles. The summed E-state index contributed by atoms with van der Waals surface area (Å²) in [6.07, 6.45) is 0. The van der Waals surface area contributed by atoms with Gasteiger partial charge in [-0.1, -0.05) is 15.9 Å². The Kier molecular flexibility index (Phi) is 8.03. The summed E-state index contributed by atoms with van der Waals surface area (Å²) >= 11 is 4.27. The molecule has 0 fully saturated rings. The number of carbonyl (C=O) groups excluding carboxylic acids is 3. The minimum atomic E-state index is -0.638. The van der Waals surface area contributed by atoms with Gasteiger partial charge in [-0.15, -0.1) is 11.3 Å². The number of benzene rings is 1. The lowest BCUT2D eigenvalue weighted by atomic mass is 10.1. The molecule has 1 heterocycles. The van der Waals surface area contributed by atoms with Crippen molar-refractivity contribution >= 4 is 50.1 Å². The van der Waals surface area contributed by atoms with E-state index in [0.717, 1.165) is 15.8 Å². The zero-order chi connectivity index (χ0) is 21.6. The van der Waals surface area contributed by atoms with E-state index < -0.39 is 17.8 Å². The van der Waals surface area contributed by atoms with Gasteiger partial charge in [-0.05, 0) is 37.6 Å². The van der Waals surface area contributed by atoms with Crippen LogP contribution in [0, 0.1) is 6.92 Å². The van der Waals surface area contributed by atoms with Gasteiger partial charge in [0.25, 0.3) is 5.91 Å². The van der Waals surface area contributed by atoms with Crippen LogP contribution >= 0.6 is 27.3 Å². The highest BCUT2D eigenvalue weighted by Crippen LogP contribution is 2.34. The van der Waals surface area contributed by atoms with E-state index in [2.05, 4.69) is 21.2 Å². The number of nitrogens with one attached hydrogen (secondary N) is 1. The predicted molar refractivity (Wildman–Crippen MR) is 111 cm³/mol. The molecule has 0 unspecified atom stereocenters. The van der Waals surface area contributed by atoms with Crippen LogP contribution in [0.3, 0.4) is 0 Å². The van der Waals surface area contributed by atoms with Crippen LogP contribution in [0.1, 0.15) is 32.5 Å². The summed E-state index contributed by atoms with van der Waals surface area (Å²) < 4.78 is 21.3. The lowest BCUT2D eigenvalue weighted by molar-refractivity contribution is -0.118. The number of halogens is 1. The van der Waals surface area contributed by atoms with Crippen molar-refractivity contribution in [1.29, 1.82) is 0 Å². The SMILES string of the molecule is CCOC(=O)c1c(NC(=O)COc2cc(Br)ccc2OC)sc(C(=O)OC)c1C. The first kappa shape index (κ1) is 22.7. The molecule has 2 aromatic rings. The number of carbonyl (C=O) groups is 3. The standard InChI is InChI=1S/C19H20BrNO7S/c1-5-27-18(23)15-10(2)16(19(24)26-4)29-17(15)21-14(22)9-28-13-8-11(20)6-7-12(13)25-3/h6-8H,5,9H2,1-4H3,(H,21,22). The predicted octanol–water partition coefficient (Wildman–Crippen LogP) is 3.81. The van der Waals surface area contributed by atoms with Crippen molar-refractivity contribution in [3.05, 3.63) is 38.7 Å². The molecule has 0 bridgehead atoms. The minimum absolute atomic E-state index is 0.116. The highest BCUT2D eigenvalue weighted by Gasteiger charge is 2.27. The topological polar surface area (TPSA) is 100 Å². The molecule has 29 heavy (non-hydrogen) atoms. The van der Waals surface area contributed by atoms with Crippen molar-refractivity contribution in [2.24, 2.45) is 0 Å². The summed E-state index contributed by atoms with van der Waals surface area (Å²) in [5.41, 5.74) is 0.496. The second-order valence-electron chi connectivity index (χ2n) is 5.60. The van der Waals surface area contributed by atoms with Crippen LogP contribution in [0.5, 0.6) is 11.5 Å². The molecule has 1 aromatic heterocycles. The van der Waals surface area contributed by atoms with Crippen molar-refractivity contribution in [1.82, 2.24) is 0 Å². The molecule has 0 aliphatic heterocycles. The summed E-state index contributed by atoms with van der Waals surface area (Å²) in [4.78, 5) is 36.9. The minimum Gasteiger partial charge on any atom is -0.493 e. The number of amides is 1. The maximum Gasteiger partial charge on any atom is 0.348 e. The number of thiophene rings is 1. The Balaban J connectivity index is 2.22. The zero-order valence-electron chi connectivity index (χ0n) is 16.3. The van der Waals surface area contributed by atoms with E-state index in [1.807, 2.05) is 0 Å². The second kappa shape index (κ2) is 10.3. The summed E-state index contributed by atoms with van der Waals surface area (Å²) in [6, 6.07) is 5.14. The Morgan fingerprint density at radius 2 is 1.86 bits per heavy atom. The fourth-order valence-electron chi connectivity index (χ4n) is 2.41. The van der Waals surface area contributed by atoms with Crippen molar-refractivity contribution < 1.29 is 33.3 Å². The van der Waals surface area contributed by atoms with E-state index in [9.17, 15) is 14.4 Å². The molecule has 0 aliphatic carbocycles. The van der Waals surface area contributed by atoms with Gasteiger partial charge in [-0.2, -0.15) is 0 Å². The van der Waals surface area contributed by atoms with E-state index >= 15 is 0 Å². The molecule has 0 atom stereocenters. The average Bonchev–Trinajstić information content (AvgIpc) is 3.01. The molecule has 1 N–H and O–H groups in total. The number of methoxy groups -OCH3 is 2. The third-order valence-electron chi connectivity index (χ3n) is 3.73. The number of esters is 2. The molecule has 1 amide bonds. The first-order valence-electron chi connectivity index (χ1n) is 8.47. The highest BCUT2D eigenvalue weighted by molar-refractivity contribution is 9.10. The number of hydrogen-bond acceptors (Lipinski definition) is 8. The van der Waals surface area contributed by atoms with Crippen molar-refractivity contribution in [2.45, 2.75) is 13.8 Å². The van der Waals surface area contributed by atoms with Gasteiger partial charge in [0.05, 0.1) is 26.4 Å². The van der Waals surface area contributed by atoms with Crippen molar-refractivity contribution in [3.63, 3.8) is 0 Å². The fourth-order valence-corrected chi connectivity index (χ4v) is 3.88. The smallest absolute Gasteiger partial charge is 0.348 e. The zero-order valence-corrected chi connectivity index (χ0v) is 18.7. The van der Waals surface area contributed by atoms with Crippen LogP contribution in [0.15, 0.2) is 22.7 Å². The molecule has 0 saturated carbocycles. The molecule has 8 nitrogen and oxygen atoms in total. The molecule has 0 aliphatic rings. The summed E-state index contributed by atoms with van der Waals surface area (Å²) in [5.74, 6) is -0.918. The number of ether oxygens (including phenoxy) is 4. The van der Waals surface area contributed by atoms with Crippen LogP contribution < -0.4 is 14.8 Å². The monoisotopic (exact) mass is 485 g/mol. The maximum absolute atomic E-state index is 12.4. The Labute approximate surface area is 180 Å². The third kappa shape index (κ3) is 5.48. The highest BCUT2D eigenvalue weighted by atomic mass is 79.9. The lowest BCUT2D eigenvalue weighted by Crippen LogP contribution is -2.21. The molecule has 0 saturated heterocycles. The summed E-state index contributed by atoms with van der Waals surface area (Å²) in [7, 11) is 2.73. The molecule has 0 radical (unpaired) electrons. The number of hydrogen-bond donors (Lipinski definition) is 1. The van der Waals surface area contributed by atoms with Gasteiger partial charge in [-0.25, -0.2) is 9.59 Å². The number of anilines is 1. The van der Waals surface area contributed by atoms with Crippen LogP contribution in [0.4, 0.5) is 5.00 Å². The second-order valence-corrected chi connectivity index (χ2v) is 7.54. The van der Waals surface area contributed by atoms with Gasteiger partial charge in [0.15, 0.2) is 18.1 Å². The van der Waals surface area contributed by atoms with E-state index in [0.29, 0.717) is 17.1 Å². The largest absolute Gasteiger partial charge is 0.493 e.